The Balaban J connectivity index is 2.32. The third kappa shape index (κ3) is 2.56. The number of anilines is 2. The van der Waals surface area contributed by atoms with Crippen molar-refractivity contribution in [1.29, 1.82) is 0 Å². The molecule has 1 aliphatic rings. The van der Waals surface area contributed by atoms with Gasteiger partial charge in [0.05, 0.1) is 0 Å². The molecule has 1 aromatic heterocycles. The van der Waals surface area contributed by atoms with Crippen LogP contribution in [0.5, 0.6) is 0 Å². The second-order valence-corrected chi connectivity index (χ2v) is 5.71. The smallest absolute Gasteiger partial charge is 0.148 e. The van der Waals surface area contributed by atoms with Crippen LogP contribution in [0.1, 0.15) is 39.2 Å². The van der Waals surface area contributed by atoms with Crippen molar-refractivity contribution in [3.63, 3.8) is 0 Å². The maximum atomic E-state index is 5.52. The molecular formula is C13H23N5. The van der Waals surface area contributed by atoms with Crippen molar-refractivity contribution in [2.45, 2.75) is 40.0 Å². The number of nitrogens with two attached hydrogens (primary N) is 1. The van der Waals surface area contributed by atoms with Crippen molar-refractivity contribution >= 4 is 11.6 Å². The Kier molecular flexibility index (Phi) is 3.71. The van der Waals surface area contributed by atoms with E-state index in [0.29, 0.717) is 5.41 Å². The van der Waals surface area contributed by atoms with Crippen LogP contribution >= 0.6 is 0 Å². The van der Waals surface area contributed by atoms with Gasteiger partial charge >= 0.3 is 0 Å². The van der Waals surface area contributed by atoms with Crippen LogP contribution in [-0.4, -0.2) is 23.1 Å². The topological polar surface area (TPSA) is 67.1 Å². The Morgan fingerprint density at radius 3 is 2.83 bits per heavy atom. The quantitative estimate of drug-likeness (QED) is 0.633. The van der Waals surface area contributed by atoms with Gasteiger partial charge in [0.15, 0.2) is 0 Å². The van der Waals surface area contributed by atoms with Gasteiger partial charge in [0.25, 0.3) is 0 Å². The average Bonchev–Trinajstić information content (AvgIpc) is 2.36. The summed E-state index contributed by atoms with van der Waals surface area (Å²) in [7, 11) is 0. The van der Waals surface area contributed by atoms with Gasteiger partial charge in [0.2, 0.25) is 0 Å². The highest BCUT2D eigenvalue weighted by molar-refractivity contribution is 5.58. The molecule has 0 aliphatic carbocycles. The second kappa shape index (κ2) is 5.10. The molecule has 2 rings (SSSR count). The van der Waals surface area contributed by atoms with Crippen molar-refractivity contribution in [2.24, 2.45) is 11.3 Å². The highest BCUT2D eigenvalue weighted by Crippen LogP contribution is 2.33. The van der Waals surface area contributed by atoms with Crippen molar-refractivity contribution in [3.05, 3.63) is 11.9 Å². The molecule has 1 aromatic rings. The zero-order valence-corrected chi connectivity index (χ0v) is 11.5. The first-order chi connectivity index (χ1) is 8.57. The van der Waals surface area contributed by atoms with Crippen molar-refractivity contribution < 1.29 is 0 Å². The van der Waals surface area contributed by atoms with Crippen molar-refractivity contribution in [3.8, 4) is 0 Å². The zero-order valence-electron chi connectivity index (χ0n) is 11.5. The number of hydrazine groups is 1. The molecule has 1 saturated heterocycles. The number of hydrogen-bond donors (Lipinski definition) is 2. The molecule has 1 fully saturated rings. The summed E-state index contributed by atoms with van der Waals surface area (Å²) in [5.41, 5.74) is 4.13. The molecule has 0 unspecified atom stereocenters. The molecule has 5 nitrogen and oxygen atoms in total. The lowest BCUT2D eigenvalue weighted by molar-refractivity contribution is 0.292. The third-order valence-electron chi connectivity index (χ3n) is 3.61. The van der Waals surface area contributed by atoms with E-state index in [2.05, 4.69) is 41.1 Å². The molecular weight excluding hydrogens is 226 g/mol. The van der Waals surface area contributed by atoms with Gasteiger partial charge in [-0.2, -0.15) is 0 Å². The molecule has 3 N–H and O–H groups in total. The minimum atomic E-state index is 0.352. The minimum absolute atomic E-state index is 0.352. The molecule has 0 saturated carbocycles. The molecule has 18 heavy (non-hydrogen) atoms. The van der Waals surface area contributed by atoms with Gasteiger partial charge in [-0.15, -0.1) is 0 Å². The number of nitrogens with one attached hydrogen (secondary N) is 1. The molecule has 0 radical (unpaired) electrons. The van der Waals surface area contributed by atoms with Crippen molar-refractivity contribution in [1.82, 2.24) is 9.97 Å². The summed E-state index contributed by atoms with van der Waals surface area (Å²) < 4.78 is 0. The van der Waals surface area contributed by atoms with Crippen LogP contribution in [0.4, 0.5) is 11.6 Å². The second-order valence-electron chi connectivity index (χ2n) is 5.71. The average molecular weight is 249 g/mol. The summed E-state index contributed by atoms with van der Waals surface area (Å²) in [4.78, 5) is 11.0. The Bertz CT molecular complexity index is 416. The molecule has 0 amide bonds. The normalized spacial score (nSPS) is 18.8. The van der Waals surface area contributed by atoms with E-state index >= 15 is 0 Å². The minimum Gasteiger partial charge on any atom is -0.356 e. The zero-order chi connectivity index (χ0) is 13.2. The van der Waals surface area contributed by atoms with E-state index in [1.165, 1.54) is 12.8 Å². The number of rotatable bonds is 3. The summed E-state index contributed by atoms with van der Waals surface area (Å²) in [6, 6.07) is 0. The largest absolute Gasteiger partial charge is 0.356 e. The van der Waals surface area contributed by atoms with Crippen LogP contribution < -0.4 is 16.2 Å². The molecule has 5 heteroatoms. The lowest BCUT2D eigenvalue weighted by Gasteiger charge is -2.39. The van der Waals surface area contributed by atoms with E-state index in [4.69, 9.17) is 5.84 Å². The number of nitrogen functional groups attached to an aromatic ring is 1. The Morgan fingerprint density at radius 2 is 2.22 bits per heavy atom. The fraction of sp³-hybridized carbons (Fsp3) is 0.692. The first-order valence-corrected chi connectivity index (χ1v) is 6.63. The van der Waals surface area contributed by atoms with Crippen LogP contribution in [0.15, 0.2) is 6.33 Å². The van der Waals surface area contributed by atoms with Crippen molar-refractivity contribution in [2.75, 3.05) is 23.4 Å². The maximum Gasteiger partial charge on any atom is 0.148 e. The predicted octanol–water partition coefficient (Wildman–Crippen LogP) is 1.95. The van der Waals surface area contributed by atoms with Gasteiger partial charge < -0.3 is 10.3 Å². The fourth-order valence-corrected chi connectivity index (χ4v) is 2.73. The van der Waals surface area contributed by atoms with Crippen LogP contribution in [0.25, 0.3) is 0 Å². The SMILES string of the molecule is CCc1c(NN)ncnc1N1CCCC(C)(C)C1. The van der Waals surface area contributed by atoms with Crippen LogP contribution in [0.2, 0.25) is 0 Å². The summed E-state index contributed by atoms with van der Waals surface area (Å²) in [5, 5.41) is 0. The van der Waals surface area contributed by atoms with E-state index in [-0.39, 0.29) is 0 Å². The Morgan fingerprint density at radius 1 is 1.44 bits per heavy atom. The summed E-state index contributed by atoms with van der Waals surface area (Å²) in [6.07, 6.45) is 4.96. The van der Waals surface area contributed by atoms with Gasteiger partial charge in [-0.25, -0.2) is 15.8 Å². The summed E-state index contributed by atoms with van der Waals surface area (Å²) in [6.45, 7) is 8.85. The van der Waals surface area contributed by atoms with Gasteiger partial charge in [0, 0.05) is 18.7 Å². The van der Waals surface area contributed by atoms with Crippen LogP contribution in [-0.2, 0) is 6.42 Å². The Hall–Kier alpha value is -1.36. The highest BCUT2D eigenvalue weighted by atomic mass is 15.3. The van der Waals surface area contributed by atoms with Gasteiger partial charge in [0.1, 0.15) is 18.0 Å². The molecule has 0 spiro atoms. The lowest BCUT2D eigenvalue weighted by atomic mass is 9.84. The lowest BCUT2D eigenvalue weighted by Crippen LogP contribution is -2.41. The monoisotopic (exact) mass is 249 g/mol. The van der Waals surface area contributed by atoms with E-state index < -0.39 is 0 Å². The number of nitrogens with zero attached hydrogens (tertiary/aromatic N) is 3. The molecule has 2 heterocycles. The van der Waals surface area contributed by atoms with E-state index in [1.54, 1.807) is 6.33 Å². The van der Waals surface area contributed by atoms with Gasteiger partial charge in [-0.05, 0) is 24.7 Å². The van der Waals surface area contributed by atoms with E-state index in [9.17, 15) is 0 Å². The number of hydrogen-bond acceptors (Lipinski definition) is 5. The first-order valence-electron chi connectivity index (χ1n) is 6.63. The number of piperidine rings is 1. The Labute approximate surface area is 109 Å². The molecule has 0 aromatic carbocycles. The van der Waals surface area contributed by atoms with E-state index in [0.717, 1.165) is 36.7 Å². The third-order valence-corrected chi connectivity index (χ3v) is 3.61. The predicted molar refractivity (Wildman–Crippen MR) is 74.4 cm³/mol. The summed E-state index contributed by atoms with van der Waals surface area (Å²) >= 11 is 0. The molecule has 1 aliphatic heterocycles. The molecule has 100 valence electrons. The standard InChI is InChI=1S/C13H23N5/c1-4-10-11(17-14)15-9-16-12(10)18-7-5-6-13(2,3)8-18/h9H,4-8,14H2,1-3H3,(H,15,16,17). The van der Waals surface area contributed by atoms with Gasteiger partial charge in [-0.3, -0.25) is 0 Å². The fourth-order valence-electron chi connectivity index (χ4n) is 2.73. The summed E-state index contributed by atoms with van der Waals surface area (Å²) in [5.74, 6) is 7.30. The van der Waals surface area contributed by atoms with Gasteiger partial charge in [-0.1, -0.05) is 20.8 Å². The van der Waals surface area contributed by atoms with Crippen LogP contribution in [0.3, 0.4) is 0 Å². The maximum absolute atomic E-state index is 5.52. The first kappa shape index (κ1) is 13.1. The van der Waals surface area contributed by atoms with Crippen LogP contribution in [0, 0.1) is 5.41 Å². The number of aromatic nitrogens is 2. The molecule has 0 atom stereocenters. The van der Waals surface area contributed by atoms with E-state index in [1.807, 2.05) is 0 Å². The molecule has 0 bridgehead atoms. The highest BCUT2D eigenvalue weighted by Gasteiger charge is 2.28.